The molecule has 0 bridgehead atoms. The Morgan fingerprint density at radius 2 is 1.26 bits per heavy atom. The van der Waals surface area contributed by atoms with Crippen LogP contribution in [0.4, 0.5) is 5.82 Å². The van der Waals surface area contributed by atoms with Crippen molar-refractivity contribution in [1.82, 2.24) is 19.5 Å². The van der Waals surface area contributed by atoms with E-state index in [1.54, 1.807) is 95.6 Å². The minimum atomic E-state index is -0.991. The van der Waals surface area contributed by atoms with Gasteiger partial charge >= 0.3 is 17.9 Å². The van der Waals surface area contributed by atoms with Gasteiger partial charge in [-0.15, -0.1) is 0 Å². The van der Waals surface area contributed by atoms with Crippen molar-refractivity contribution in [2.24, 2.45) is 5.92 Å². The standard InChI is InChI=1S/C32H27N5O6/c33-28-25-29(35-18-34-28)37(19-36-25)24-16-23(17-41-30(38)20-10-4-1-5-11-20)26(42-31(39)21-12-6-2-7-13-21)27(24)43-32(40)22-14-8-3-9-15-22/h1-15,18-19,23-24,26-27H,16-17H2,(H2,33,34,35). The Bertz CT molecular complexity index is 1750. The SMILES string of the molecule is Nc1ncnc2c1ncn2C1CC(COC(=O)c2ccccc2)C(OC(=O)c2ccccc2)C1OC(=O)c1ccccc1. The van der Waals surface area contributed by atoms with Crippen LogP contribution in [0.15, 0.2) is 104 Å². The lowest BCUT2D eigenvalue weighted by Crippen LogP contribution is -2.39. The number of carbonyl (C=O) groups excluding carboxylic acids is 3. The van der Waals surface area contributed by atoms with E-state index in [0.29, 0.717) is 34.3 Å². The van der Waals surface area contributed by atoms with Crippen molar-refractivity contribution in [1.29, 1.82) is 0 Å². The van der Waals surface area contributed by atoms with Gasteiger partial charge < -0.3 is 24.5 Å². The van der Waals surface area contributed by atoms with E-state index in [-0.39, 0.29) is 12.4 Å². The van der Waals surface area contributed by atoms with Crippen molar-refractivity contribution in [3.63, 3.8) is 0 Å². The summed E-state index contributed by atoms with van der Waals surface area (Å²) >= 11 is 0. The molecule has 1 aliphatic carbocycles. The summed E-state index contributed by atoms with van der Waals surface area (Å²) < 4.78 is 19.6. The fourth-order valence-corrected chi connectivity index (χ4v) is 5.29. The van der Waals surface area contributed by atoms with Gasteiger partial charge in [0.05, 0.1) is 35.7 Å². The van der Waals surface area contributed by atoms with Gasteiger partial charge in [-0.1, -0.05) is 54.6 Å². The number of nitrogen functional groups attached to an aromatic ring is 1. The lowest BCUT2D eigenvalue weighted by atomic mass is 10.1. The molecular formula is C32H27N5O6. The van der Waals surface area contributed by atoms with Crippen LogP contribution in [0.3, 0.4) is 0 Å². The van der Waals surface area contributed by atoms with Gasteiger partial charge in [0.25, 0.3) is 0 Å². The molecule has 6 rings (SSSR count). The molecule has 0 saturated heterocycles. The number of carbonyl (C=O) groups is 3. The molecule has 2 heterocycles. The Balaban J connectivity index is 1.37. The number of nitrogens with two attached hydrogens (primary N) is 1. The first-order valence-corrected chi connectivity index (χ1v) is 13.7. The average molecular weight is 578 g/mol. The molecule has 2 aromatic heterocycles. The molecule has 1 fully saturated rings. The van der Waals surface area contributed by atoms with Crippen molar-refractivity contribution < 1.29 is 28.6 Å². The van der Waals surface area contributed by atoms with E-state index in [1.807, 2.05) is 0 Å². The lowest BCUT2D eigenvalue weighted by molar-refractivity contribution is -0.0493. The molecule has 5 aromatic rings. The highest BCUT2D eigenvalue weighted by atomic mass is 16.6. The van der Waals surface area contributed by atoms with Gasteiger partial charge in [0.15, 0.2) is 17.6 Å². The topological polar surface area (TPSA) is 149 Å². The Labute approximate surface area is 246 Å². The Kier molecular flexibility index (Phi) is 7.77. The van der Waals surface area contributed by atoms with E-state index < -0.39 is 42.1 Å². The molecule has 11 heteroatoms. The number of hydrogen-bond acceptors (Lipinski definition) is 10. The van der Waals surface area contributed by atoms with Crippen LogP contribution in [-0.2, 0) is 14.2 Å². The van der Waals surface area contributed by atoms with Crippen LogP contribution >= 0.6 is 0 Å². The maximum absolute atomic E-state index is 13.4. The van der Waals surface area contributed by atoms with Crippen LogP contribution in [0.2, 0.25) is 0 Å². The second-order valence-electron chi connectivity index (χ2n) is 10.1. The number of aromatic nitrogens is 4. The number of benzene rings is 3. The smallest absolute Gasteiger partial charge is 0.338 e. The minimum absolute atomic E-state index is 0.0971. The first-order chi connectivity index (χ1) is 21.0. The third-order valence-electron chi connectivity index (χ3n) is 7.40. The van der Waals surface area contributed by atoms with E-state index in [4.69, 9.17) is 19.9 Å². The van der Waals surface area contributed by atoms with Gasteiger partial charge in [-0.05, 0) is 42.8 Å². The lowest BCUT2D eigenvalue weighted by Gasteiger charge is -2.27. The van der Waals surface area contributed by atoms with Gasteiger partial charge in [0.2, 0.25) is 0 Å². The van der Waals surface area contributed by atoms with Gasteiger partial charge in [-0.25, -0.2) is 29.3 Å². The Morgan fingerprint density at radius 3 is 1.84 bits per heavy atom. The van der Waals surface area contributed by atoms with Crippen LogP contribution < -0.4 is 5.73 Å². The molecule has 1 saturated carbocycles. The predicted molar refractivity (Wildman–Crippen MR) is 155 cm³/mol. The molecule has 0 radical (unpaired) electrons. The summed E-state index contributed by atoms with van der Waals surface area (Å²) in [6, 6.07) is 25.0. The Morgan fingerprint density at radius 1 is 0.721 bits per heavy atom. The summed E-state index contributed by atoms with van der Waals surface area (Å²) in [6.45, 7) is -0.0971. The fourth-order valence-electron chi connectivity index (χ4n) is 5.29. The maximum Gasteiger partial charge on any atom is 0.338 e. The number of esters is 3. The van der Waals surface area contributed by atoms with Crippen LogP contribution in [-0.4, -0.2) is 56.2 Å². The molecule has 43 heavy (non-hydrogen) atoms. The van der Waals surface area contributed by atoms with E-state index in [2.05, 4.69) is 15.0 Å². The summed E-state index contributed by atoms with van der Waals surface area (Å²) in [6.07, 6.45) is 1.19. The predicted octanol–water partition coefficient (Wildman–Crippen LogP) is 4.28. The average Bonchev–Trinajstić information content (AvgIpc) is 3.63. The van der Waals surface area contributed by atoms with E-state index in [0.717, 1.165) is 0 Å². The van der Waals surface area contributed by atoms with Crippen molar-refractivity contribution in [3.05, 3.63) is 120 Å². The van der Waals surface area contributed by atoms with Crippen LogP contribution in [0, 0.1) is 5.92 Å². The van der Waals surface area contributed by atoms with Gasteiger partial charge in [-0.3, -0.25) is 0 Å². The third-order valence-corrected chi connectivity index (χ3v) is 7.40. The number of rotatable bonds is 8. The number of anilines is 1. The summed E-state index contributed by atoms with van der Waals surface area (Å²) in [5.74, 6) is -2.08. The van der Waals surface area contributed by atoms with E-state index >= 15 is 0 Å². The molecule has 216 valence electrons. The highest BCUT2D eigenvalue weighted by Gasteiger charge is 2.50. The van der Waals surface area contributed by atoms with Crippen molar-refractivity contribution in [2.45, 2.75) is 24.7 Å². The summed E-state index contributed by atoms with van der Waals surface area (Å²) in [5, 5.41) is 0. The van der Waals surface area contributed by atoms with E-state index in [1.165, 1.54) is 12.7 Å². The van der Waals surface area contributed by atoms with Gasteiger partial charge in [0.1, 0.15) is 17.9 Å². The minimum Gasteiger partial charge on any atom is -0.462 e. The summed E-state index contributed by atoms with van der Waals surface area (Å²) in [5.41, 5.74) is 7.89. The zero-order valence-electron chi connectivity index (χ0n) is 22.9. The van der Waals surface area contributed by atoms with E-state index in [9.17, 15) is 14.4 Å². The molecule has 4 unspecified atom stereocenters. The number of imidazole rings is 1. The number of fused-ring (bicyclic) bond motifs is 1. The molecule has 0 spiro atoms. The largest absolute Gasteiger partial charge is 0.462 e. The molecule has 1 aliphatic rings. The second kappa shape index (κ2) is 12.1. The number of nitrogens with zero attached hydrogens (tertiary/aromatic N) is 4. The van der Waals surface area contributed by atoms with Crippen molar-refractivity contribution >= 4 is 34.9 Å². The molecule has 3 aromatic carbocycles. The Hall–Kier alpha value is -5.58. The molecule has 11 nitrogen and oxygen atoms in total. The summed E-state index contributed by atoms with van der Waals surface area (Å²) in [4.78, 5) is 52.3. The number of hydrogen-bond donors (Lipinski definition) is 1. The van der Waals surface area contributed by atoms with Crippen molar-refractivity contribution in [3.8, 4) is 0 Å². The van der Waals surface area contributed by atoms with Crippen LogP contribution in [0.5, 0.6) is 0 Å². The monoisotopic (exact) mass is 577 g/mol. The second-order valence-corrected chi connectivity index (χ2v) is 10.1. The summed E-state index contributed by atoms with van der Waals surface area (Å²) in [7, 11) is 0. The zero-order valence-corrected chi connectivity index (χ0v) is 22.9. The van der Waals surface area contributed by atoms with Gasteiger partial charge in [-0.2, -0.15) is 0 Å². The highest BCUT2D eigenvalue weighted by Crippen LogP contribution is 2.41. The van der Waals surface area contributed by atoms with Gasteiger partial charge in [0, 0.05) is 5.92 Å². The normalized spacial score (nSPS) is 19.5. The highest BCUT2D eigenvalue weighted by molar-refractivity contribution is 5.91. The maximum atomic E-state index is 13.4. The third kappa shape index (κ3) is 5.78. The van der Waals surface area contributed by atoms with Crippen LogP contribution in [0.1, 0.15) is 43.5 Å². The molecule has 0 aliphatic heterocycles. The molecule has 2 N–H and O–H groups in total. The first kappa shape index (κ1) is 27.6. The molecular weight excluding hydrogens is 550 g/mol. The quantitative estimate of drug-likeness (QED) is 0.209. The van der Waals surface area contributed by atoms with Crippen LogP contribution in [0.25, 0.3) is 11.2 Å². The zero-order chi connectivity index (χ0) is 29.8. The molecule has 4 atom stereocenters. The first-order valence-electron chi connectivity index (χ1n) is 13.7. The number of ether oxygens (including phenoxy) is 3. The molecule has 0 amide bonds. The fraction of sp³-hybridized carbons (Fsp3) is 0.188. The van der Waals surface area contributed by atoms with Crippen molar-refractivity contribution in [2.75, 3.05) is 12.3 Å².